The second-order valence-corrected chi connectivity index (χ2v) is 5.60. The van der Waals surface area contributed by atoms with Crippen molar-refractivity contribution >= 4 is 21.8 Å². The number of amides is 1. The van der Waals surface area contributed by atoms with Gasteiger partial charge in [0.2, 0.25) is 0 Å². The number of nitrogens with one attached hydrogen (secondary N) is 1. The van der Waals surface area contributed by atoms with Crippen molar-refractivity contribution in [1.29, 1.82) is 0 Å². The zero-order valence-electron chi connectivity index (χ0n) is 11.7. The Kier molecular flexibility index (Phi) is 6.28. The zero-order valence-corrected chi connectivity index (χ0v) is 13.3. The van der Waals surface area contributed by atoms with Crippen LogP contribution in [0.1, 0.15) is 12.0 Å². The van der Waals surface area contributed by atoms with Crippen LogP contribution < -0.4 is 10.1 Å². The van der Waals surface area contributed by atoms with Crippen molar-refractivity contribution in [1.82, 2.24) is 5.32 Å². The minimum absolute atomic E-state index is 0.0486. The highest BCUT2D eigenvalue weighted by Gasteiger charge is 2.02. The quantitative estimate of drug-likeness (QED) is 0.777. The van der Waals surface area contributed by atoms with E-state index in [1.54, 1.807) is 0 Å². The van der Waals surface area contributed by atoms with E-state index in [2.05, 4.69) is 33.4 Å². The first-order valence-electron chi connectivity index (χ1n) is 6.93. The summed E-state index contributed by atoms with van der Waals surface area (Å²) in [5.74, 6) is 0.601. The van der Waals surface area contributed by atoms with Crippen molar-refractivity contribution in [3.63, 3.8) is 0 Å². The largest absolute Gasteiger partial charge is 0.484 e. The minimum atomic E-state index is -0.0917. The maximum Gasteiger partial charge on any atom is 0.257 e. The molecule has 0 atom stereocenters. The van der Waals surface area contributed by atoms with Crippen LogP contribution in [0.15, 0.2) is 59.1 Å². The van der Waals surface area contributed by atoms with Gasteiger partial charge < -0.3 is 10.1 Å². The molecule has 0 heterocycles. The number of halogens is 1. The van der Waals surface area contributed by atoms with Crippen molar-refractivity contribution in [3.05, 3.63) is 64.6 Å². The van der Waals surface area contributed by atoms with Crippen LogP contribution in [-0.4, -0.2) is 19.1 Å². The third kappa shape index (κ3) is 6.00. The maximum absolute atomic E-state index is 11.6. The number of benzene rings is 2. The summed E-state index contributed by atoms with van der Waals surface area (Å²) in [6, 6.07) is 17.7. The highest BCUT2D eigenvalue weighted by atomic mass is 79.9. The van der Waals surface area contributed by atoms with Crippen molar-refractivity contribution in [2.45, 2.75) is 12.8 Å². The lowest BCUT2D eigenvalue weighted by atomic mass is 10.1. The van der Waals surface area contributed by atoms with E-state index in [0.717, 1.165) is 17.3 Å². The lowest BCUT2D eigenvalue weighted by Crippen LogP contribution is -2.29. The number of hydrogen-bond donors (Lipinski definition) is 1. The molecule has 3 nitrogen and oxygen atoms in total. The molecule has 0 saturated carbocycles. The Bertz CT molecular complexity index is 555. The molecule has 2 aromatic carbocycles. The van der Waals surface area contributed by atoms with Crippen molar-refractivity contribution in [2.24, 2.45) is 0 Å². The molecule has 0 radical (unpaired) electrons. The van der Waals surface area contributed by atoms with Gasteiger partial charge in [-0.3, -0.25) is 4.79 Å². The predicted octanol–water partition coefficient (Wildman–Crippen LogP) is 3.58. The molecule has 0 saturated heterocycles. The van der Waals surface area contributed by atoms with E-state index in [-0.39, 0.29) is 12.5 Å². The Balaban J connectivity index is 1.60. The first-order chi connectivity index (χ1) is 10.2. The number of carbonyl (C=O) groups excluding carboxylic acids is 1. The molecule has 0 fully saturated rings. The van der Waals surface area contributed by atoms with Gasteiger partial charge in [-0.15, -0.1) is 0 Å². The van der Waals surface area contributed by atoms with Gasteiger partial charge in [0.1, 0.15) is 5.75 Å². The molecule has 0 bridgehead atoms. The third-order valence-electron chi connectivity index (χ3n) is 2.99. The average Bonchev–Trinajstić information content (AvgIpc) is 2.52. The summed E-state index contributed by atoms with van der Waals surface area (Å²) >= 11 is 3.35. The van der Waals surface area contributed by atoms with Gasteiger partial charge in [0, 0.05) is 11.0 Å². The topological polar surface area (TPSA) is 38.3 Å². The molecule has 2 aromatic rings. The van der Waals surface area contributed by atoms with Gasteiger partial charge in [0.05, 0.1) is 0 Å². The molecule has 0 aliphatic rings. The predicted molar refractivity (Wildman–Crippen MR) is 87.4 cm³/mol. The van der Waals surface area contributed by atoms with Gasteiger partial charge in [-0.05, 0) is 42.7 Å². The summed E-state index contributed by atoms with van der Waals surface area (Å²) in [6.45, 7) is 0.713. The normalized spacial score (nSPS) is 10.1. The first-order valence-corrected chi connectivity index (χ1v) is 7.72. The molecule has 4 heteroatoms. The van der Waals surface area contributed by atoms with Crippen molar-refractivity contribution in [2.75, 3.05) is 13.2 Å². The van der Waals surface area contributed by atoms with E-state index >= 15 is 0 Å². The SMILES string of the molecule is O=C(COc1ccc(Br)cc1)NCCCc1ccccc1. The van der Waals surface area contributed by atoms with Crippen LogP contribution in [-0.2, 0) is 11.2 Å². The van der Waals surface area contributed by atoms with Crippen LogP contribution in [0.25, 0.3) is 0 Å². The Morgan fingerprint density at radius 3 is 2.48 bits per heavy atom. The smallest absolute Gasteiger partial charge is 0.257 e. The van der Waals surface area contributed by atoms with Gasteiger partial charge in [-0.25, -0.2) is 0 Å². The fourth-order valence-corrected chi connectivity index (χ4v) is 2.16. The standard InChI is InChI=1S/C17H18BrNO2/c18-15-8-10-16(11-9-15)21-13-17(20)19-12-4-7-14-5-2-1-3-6-14/h1-3,5-6,8-11H,4,7,12-13H2,(H,19,20). The highest BCUT2D eigenvalue weighted by molar-refractivity contribution is 9.10. The first kappa shape index (κ1) is 15.6. The zero-order chi connectivity index (χ0) is 14.9. The van der Waals surface area contributed by atoms with E-state index < -0.39 is 0 Å². The summed E-state index contributed by atoms with van der Waals surface area (Å²) in [4.78, 5) is 11.6. The molecule has 2 rings (SSSR count). The Morgan fingerprint density at radius 2 is 1.76 bits per heavy atom. The fraction of sp³-hybridized carbons (Fsp3) is 0.235. The van der Waals surface area contributed by atoms with E-state index in [1.165, 1.54) is 5.56 Å². The van der Waals surface area contributed by atoms with E-state index in [9.17, 15) is 4.79 Å². The molecule has 1 N–H and O–H groups in total. The van der Waals surface area contributed by atoms with Crippen molar-refractivity contribution < 1.29 is 9.53 Å². The Morgan fingerprint density at radius 1 is 1.05 bits per heavy atom. The van der Waals surface area contributed by atoms with Crippen LogP contribution >= 0.6 is 15.9 Å². The van der Waals surface area contributed by atoms with Crippen LogP contribution in [0.4, 0.5) is 0 Å². The van der Waals surface area contributed by atoms with Gasteiger partial charge in [0.25, 0.3) is 5.91 Å². The van der Waals surface area contributed by atoms with Gasteiger partial charge in [-0.1, -0.05) is 46.3 Å². The van der Waals surface area contributed by atoms with Crippen LogP contribution in [0, 0.1) is 0 Å². The van der Waals surface area contributed by atoms with E-state index in [4.69, 9.17) is 4.74 Å². The average molecular weight is 348 g/mol. The summed E-state index contributed by atoms with van der Waals surface area (Å²) in [5, 5.41) is 2.86. The van der Waals surface area contributed by atoms with Gasteiger partial charge >= 0.3 is 0 Å². The maximum atomic E-state index is 11.6. The number of ether oxygens (including phenoxy) is 1. The van der Waals surface area contributed by atoms with Crippen LogP contribution in [0.5, 0.6) is 5.75 Å². The number of rotatable bonds is 7. The van der Waals surface area contributed by atoms with Crippen LogP contribution in [0.3, 0.4) is 0 Å². The number of carbonyl (C=O) groups is 1. The molecule has 21 heavy (non-hydrogen) atoms. The second-order valence-electron chi connectivity index (χ2n) is 4.68. The Labute approximate surface area is 133 Å². The lowest BCUT2D eigenvalue weighted by molar-refractivity contribution is -0.123. The third-order valence-corrected chi connectivity index (χ3v) is 3.52. The van der Waals surface area contributed by atoms with Gasteiger partial charge in [0.15, 0.2) is 6.61 Å². The summed E-state index contributed by atoms with van der Waals surface area (Å²) in [7, 11) is 0. The second kappa shape index (κ2) is 8.47. The number of aryl methyl sites for hydroxylation is 1. The fourth-order valence-electron chi connectivity index (χ4n) is 1.90. The van der Waals surface area contributed by atoms with E-state index in [0.29, 0.717) is 12.3 Å². The van der Waals surface area contributed by atoms with E-state index in [1.807, 2.05) is 42.5 Å². The monoisotopic (exact) mass is 347 g/mol. The molecule has 0 aromatic heterocycles. The van der Waals surface area contributed by atoms with Gasteiger partial charge in [-0.2, -0.15) is 0 Å². The molecule has 0 aliphatic heterocycles. The summed E-state index contributed by atoms with van der Waals surface area (Å²) in [6.07, 6.45) is 1.89. The lowest BCUT2D eigenvalue weighted by Gasteiger charge is -2.07. The van der Waals surface area contributed by atoms with Crippen molar-refractivity contribution in [3.8, 4) is 5.75 Å². The summed E-state index contributed by atoms with van der Waals surface area (Å²) < 4.78 is 6.39. The highest BCUT2D eigenvalue weighted by Crippen LogP contribution is 2.15. The molecule has 110 valence electrons. The number of hydrogen-bond acceptors (Lipinski definition) is 2. The molecule has 0 aliphatic carbocycles. The molecular formula is C17H18BrNO2. The molecule has 0 spiro atoms. The Hall–Kier alpha value is -1.81. The molecular weight excluding hydrogens is 330 g/mol. The molecule has 1 amide bonds. The summed E-state index contributed by atoms with van der Waals surface area (Å²) in [5.41, 5.74) is 1.29. The molecule has 0 unspecified atom stereocenters. The minimum Gasteiger partial charge on any atom is -0.484 e. The van der Waals surface area contributed by atoms with Crippen LogP contribution in [0.2, 0.25) is 0 Å².